The van der Waals surface area contributed by atoms with Crippen molar-refractivity contribution in [3.8, 4) is 0 Å². The van der Waals surface area contributed by atoms with Gasteiger partial charge in [-0.05, 0) is 47.2 Å². The van der Waals surface area contributed by atoms with Crippen LogP contribution in [0.3, 0.4) is 0 Å². The second kappa shape index (κ2) is 8.61. The highest BCUT2D eigenvalue weighted by molar-refractivity contribution is 6.30. The van der Waals surface area contributed by atoms with Crippen LogP contribution in [0.5, 0.6) is 0 Å². The monoisotopic (exact) mass is 406 g/mol. The summed E-state index contributed by atoms with van der Waals surface area (Å²) < 4.78 is 5.52. The van der Waals surface area contributed by atoms with Crippen LogP contribution in [0.25, 0.3) is 0 Å². The maximum absolute atomic E-state index is 13.2. The first-order valence-electron chi connectivity index (χ1n) is 9.11. The summed E-state index contributed by atoms with van der Waals surface area (Å²) in [7, 11) is 0. The van der Waals surface area contributed by atoms with Crippen LogP contribution < -0.4 is 10.6 Å². The van der Waals surface area contributed by atoms with E-state index in [-0.39, 0.29) is 18.3 Å². The molecule has 0 bridgehead atoms. The molecule has 2 aliphatic rings. The number of halogens is 2. The lowest BCUT2D eigenvalue weighted by molar-refractivity contribution is -0.130. The molecule has 4 nitrogen and oxygen atoms in total. The molecule has 0 aromatic heterocycles. The lowest BCUT2D eigenvalue weighted by Crippen LogP contribution is -2.47. The van der Waals surface area contributed by atoms with Crippen LogP contribution in [-0.2, 0) is 34.6 Å². The number of amides is 1. The summed E-state index contributed by atoms with van der Waals surface area (Å²) in [6.07, 6.45) is 1.35. The zero-order chi connectivity index (χ0) is 18.0. The number of carbonyl (C=O) groups is 1. The van der Waals surface area contributed by atoms with Crippen molar-refractivity contribution in [2.24, 2.45) is 0 Å². The molecule has 1 amide bonds. The number of rotatable bonds is 4. The number of carbonyl (C=O) groups excluding carboxylic acids is 1. The molecule has 1 saturated heterocycles. The standard InChI is InChI=1S/C21H23ClN2O2.ClH/c22-19-3-1-2-18(11-19)21(6-8-26-9-7-21)20(25)24-12-15-4-5-16-13-23-14-17(16)10-15;/h1-5,10-11,23H,6-9,12-14H2,(H,24,25);1H. The van der Waals surface area contributed by atoms with E-state index in [0.29, 0.717) is 37.6 Å². The van der Waals surface area contributed by atoms with E-state index in [2.05, 4.69) is 28.8 Å². The van der Waals surface area contributed by atoms with Crippen LogP contribution >= 0.6 is 24.0 Å². The SMILES string of the molecule is Cl.O=C(NCc1ccc2c(c1)CNC2)C1(c2cccc(Cl)c2)CCOCC1. The molecule has 0 saturated carbocycles. The van der Waals surface area contributed by atoms with Gasteiger partial charge in [0.25, 0.3) is 0 Å². The third kappa shape index (κ3) is 4.14. The number of fused-ring (bicyclic) bond motifs is 1. The molecular weight excluding hydrogens is 383 g/mol. The maximum Gasteiger partial charge on any atom is 0.231 e. The van der Waals surface area contributed by atoms with Gasteiger partial charge in [-0.15, -0.1) is 12.4 Å². The Hall–Kier alpha value is -1.59. The summed E-state index contributed by atoms with van der Waals surface area (Å²) in [6.45, 7) is 3.55. The third-order valence-corrected chi connectivity index (χ3v) is 5.75. The van der Waals surface area contributed by atoms with Gasteiger partial charge in [0.1, 0.15) is 0 Å². The number of hydrogen-bond acceptors (Lipinski definition) is 3. The van der Waals surface area contributed by atoms with Gasteiger partial charge >= 0.3 is 0 Å². The van der Waals surface area contributed by atoms with E-state index in [1.165, 1.54) is 11.1 Å². The molecule has 0 unspecified atom stereocenters. The van der Waals surface area contributed by atoms with Crippen molar-refractivity contribution in [3.63, 3.8) is 0 Å². The summed E-state index contributed by atoms with van der Waals surface area (Å²) in [4.78, 5) is 13.2. The normalized spacial score (nSPS) is 17.7. The van der Waals surface area contributed by atoms with Crippen LogP contribution in [0, 0.1) is 0 Å². The Labute approximate surface area is 171 Å². The fourth-order valence-electron chi connectivity index (χ4n) is 3.96. The highest BCUT2D eigenvalue weighted by atomic mass is 35.5. The van der Waals surface area contributed by atoms with Crippen molar-refractivity contribution in [2.75, 3.05) is 13.2 Å². The molecule has 4 rings (SSSR count). The van der Waals surface area contributed by atoms with Gasteiger partial charge in [0.15, 0.2) is 0 Å². The van der Waals surface area contributed by atoms with Crippen LogP contribution in [0.2, 0.25) is 5.02 Å². The fraction of sp³-hybridized carbons (Fsp3) is 0.381. The van der Waals surface area contributed by atoms with Crippen molar-refractivity contribution in [2.45, 2.75) is 37.9 Å². The predicted octanol–water partition coefficient (Wildman–Crippen LogP) is 3.73. The summed E-state index contributed by atoms with van der Waals surface area (Å²) in [5.41, 5.74) is 4.21. The van der Waals surface area contributed by atoms with Crippen molar-refractivity contribution < 1.29 is 9.53 Å². The number of hydrogen-bond donors (Lipinski definition) is 2. The highest BCUT2D eigenvalue weighted by Gasteiger charge is 2.41. The molecule has 2 heterocycles. The van der Waals surface area contributed by atoms with Gasteiger partial charge in [-0.1, -0.05) is 41.9 Å². The van der Waals surface area contributed by atoms with Crippen molar-refractivity contribution in [1.29, 1.82) is 0 Å². The average Bonchev–Trinajstić information content (AvgIpc) is 3.14. The van der Waals surface area contributed by atoms with Gasteiger partial charge in [-0.25, -0.2) is 0 Å². The van der Waals surface area contributed by atoms with Gasteiger partial charge in [0, 0.05) is 37.9 Å². The van der Waals surface area contributed by atoms with E-state index in [0.717, 1.165) is 24.2 Å². The number of benzene rings is 2. The van der Waals surface area contributed by atoms with Gasteiger partial charge in [0.2, 0.25) is 5.91 Å². The molecule has 2 N–H and O–H groups in total. The minimum Gasteiger partial charge on any atom is -0.381 e. The van der Waals surface area contributed by atoms with Crippen LogP contribution in [-0.4, -0.2) is 19.1 Å². The first-order valence-corrected chi connectivity index (χ1v) is 9.49. The summed E-state index contributed by atoms with van der Waals surface area (Å²) in [6, 6.07) is 14.1. The summed E-state index contributed by atoms with van der Waals surface area (Å²) in [5, 5.41) is 7.17. The summed E-state index contributed by atoms with van der Waals surface area (Å²) >= 11 is 6.19. The smallest absolute Gasteiger partial charge is 0.231 e. The Bertz CT molecular complexity index is 820. The molecule has 2 aromatic carbocycles. The maximum atomic E-state index is 13.2. The molecule has 144 valence electrons. The van der Waals surface area contributed by atoms with Crippen molar-refractivity contribution in [3.05, 3.63) is 69.7 Å². The second-order valence-electron chi connectivity index (χ2n) is 7.09. The summed E-state index contributed by atoms with van der Waals surface area (Å²) in [5.74, 6) is 0.0571. The molecule has 0 spiro atoms. The van der Waals surface area contributed by atoms with Gasteiger partial charge in [0.05, 0.1) is 5.41 Å². The van der Waals surface area contributed by atoms with Crippen LogP contribution in [0.15, 0.2) is 42.5 Å². The third-order valence-electron chi connectivity index (χ3n) is 5.51. The fourth-order valence-corrected chi connectivity index (χ4v) is 4.15. The first-order chi connectivity index (χ1) is 12.7. The zero-order valence-electron chi connectivity index (χ0n) is 15.1. The topological polar surface area (TPSA) is 50.4 Å². The lowest BCUT2D eigenvalue weighted by Gasteiger charge is -2.36. The van der Waals surface area contributed by atoms with E-state index >= 15 is 0 Å². The van der Waals surface area contributed by atoms with Crippen LogP contribution in [0.1, 0.15) is 35.1 Å². The predicted molar refractivity (Wildman–Crippen MR) is 109 cm³/mol. The molecule has 1 fully saturated rings. The molecule has 0 radical (unpaired) electrons. The lowest BCUT2D eigenvalue weighted by atomic mass is 9.73. The number of nitrogens with one attached hydrogen (secondary N) is 2. The quantitative estimate of drug-likeness (QED) is 0.812. The number of ether oxygens (including phenoxy) is 1. The molecule has 27 heavy (non-hydrogen) atoms. The minimum atomic E-state index is -0.568. The molecular formula is C21H24Cl2N2O2. The zero-order valence-corrected chi connectivity index (χ0v) is 16.7. The van der Waals surface area contributed by atoms with Gasteiger partial charge in [-0.3, -0.25) is 4.79 Å². The Morgan fingerprint density at radius 1 is 1.11 bits per heavy atom. The highest BCUT2D eigenvalue weighted by Crippen LogP contribution is 2.36. The van der Waals surface area contributed by atoms with E-state index < -0.39 is 5.41 Å². The minimum absolute atomic E-state index is 0. The first kappa shape index (κ1) is 20.2. The molecule has 2 aromatic rings. The van der Waals surface area contributed by atoms with E-state index in [1.807, 2.05) is 24.3 Å². The van der Waals surface area contributed by atoms with E-state index in [9.17, 15) is 4.79 Å². The van der Waals surface area contributed by atoms with Crippen molar-refractivity contribution in [1.82, 2.24) is 10.6 Å². The van der Waals surface area contributed by atoms with Gasteiger partial charge in [-0.2, -0.15) is 0 Å². The Morgan fingerprint density at radius 3 is 2.67 bits per heavy atom. The second-order valence-corrected chi connectivity index (χ2v) is 7.53. The van der Waals surface area contributed by atoms with E-state index in [4.69, 9.17) is 16.3 Å². The Balaban J connectivity index is 0.00000210. The largest absolute Gasteiger partial charge is 0.381 e. The van der Waals surface area contributed by atoms with E-state index in [1.54, 1.807) is 0 Å². The molecule has 0 aliphatic carbocycles. The van der Waals surface area contributed by atoms with Crippen molar-refractivity contribution >= 4 is 29.9 Å². The Kier molecular flexibility index (Phi) is 6.43. The Morgan fingerprint density at radius 2 is 1.89 bits per heavy atom. The molecule has 0 atom stereocenters. The van der Waals surface area contributed by atoms with Crippen LogP contribution in [0.4, 0.5) is 0 Å². The average molecular weight is 407 g/mol. The van der Waals surface area contributed by atoms with Gasteiger partial charge < -0.3 is 15.4 Å². The molecule has 6 heteroatoms. The molecule has 2 aliphatic heterocycles.